The molecule has 0 bridgehead atoms. The van der Waals surface area contributed by atoms with Crippen molar-refractivity contribution in [1.29, 1.82) is 0 Å². The van der Waals surface area contributed by atoms with E-state index in [9.17, 15) is 4.39 Å². The second-order valence-electron chi connectivity index (χ2n) is 6.53. The van der Waals surface area contributed by atoms with Crippen molar-refractivity contribution < 1.29 is 9.13 Å². The fourth-order valence-corrected chi connectivity index (χ4v) is 2.89. The fraction of sp³-hybridized carbons (Fsp3) is 0.714. The van der Waals surface area contributed by atoms with E-state index in [2.05, 4.69) is 6.92 Å². The quantitative estimate of drug-likeness (QED) is 0.327. The van der Waals surface area contributed by atoms with Crippen LogP contribution in [0.5, 0.6) is 0 Å². The van der Waals surface area contributed by atoms with Gasteiger partial charge in [-0.1, -0.05) is 70.4 Å². The molecule has 0 aliphatic heterocycles. The number of ether oxygens (including phenoxy) is 1. The van der Waals surface area contributed by atoms with Gasteiger partial charge in [0.15, 0.2) is 0 Å². The Morgan fingerprint density at radius 1 is 0.783 bits per heavy atom. The summed E-state index contributed by atoms with van der Waals surface area (Å²) in [6.07, 6.45) is 15.3. The first-order valence-electron chi connectivity index (χ1n) is 9.65. The molecule has 0 fully saturated rings. The summed E-state index contributed by atoms with van der Waals surface area (Å²) in [5.41, 5.74) is 1.13. The lowest BCUT2D eigenvalue weighted by Crippen LogP contribution is -1.95. The third kappa shape index (κ3) is 12.2. The summed E-state index contributed by atoms with van der Waals surface area (Å²) in [5.74, 6) is -0.112. The third-order valence-corrected chi connectivity index (χ3v) is 4.24. The van der Waals surface area contributed by atoms with Crippen LogP contribution in [0.1, 0.15) is 83.1 Å². The zero-order valence-corrected chi connectivity index (χ0v) is 15.0. The molecule has 0 amide bonds. The molecule has 23 heavy (non-hydrogen) atoms. The molecule has 1 rings (SSSR count). The third-order valence-electron chi connectivity index (χ3n) is 4.24. The number of benzene rings is 1. The van der Waals surface area contributed by atoms with Gasteiger partial charge in [-0.3, -0.25) is 0 Å². The molecule has 0 aromatic heterocycles. The zero-order valence-electron chi connectivity index (χ0n) is 15.0. The molecular formula is C21H35FO. The molecule has 0 saturated heterocycles. The number of aryl methyl sites for hydroxylation is 1. The number of hydrogen-bond acceptors (Lipinski definition) is 1. The van der Waals surface area contributed by atoms with Gasteiger partial charge in [0.25, 0.3) is 0 Å². The summed E-state index contributed by atoms with van der Waals surface area (Å²) in [4.78, 5) is 0. The maximum Gasteiger partial charge on any atom is 0.123 e. The summed E-state index contributed by atoms with van der Waals surface area (Å²) in [5, 5.41) is 0. The average Bonchev–Trinajstić information content (AvgIpc) is 2.55. The molecule has 0 saturated carbocycles. The summed E-state index contributed by atoms with van der Waals surface area (Å²) >= 11 is 0. The van der Waals surface area contributed by atoms with E-state index in [1.807, 2.05) is 6.07 Å². The highest BCUT2D eigenvalue weighted by Crippen LogP contribution is 2.13. The SMILES string of the molecule is CCCOCCCCCCCCCCCCc1cccc(F)c1. The van der Waals surface area contributed by atoms with Gasteiger partial charge >= 0.3 is 0 Å². The predicted molar refractivity (Wildman–Crippen MR) is 97.4 cm³/mol. The van der Waals surface area contributed by atoms with E-state index in [0.717, 1.165) is 31.6 Å². The topological polar surface area (TPSA) is 9.23 Å². The highest BCUT2D eigenvalue weighted by Gasteiger charge is 1.97. The normalized spacial score (nSPS) is 11.0. The van der Waals surface area contributed by atoms with E-state index in [1.54, 1.807) is 12.1 Å². The summed E-state index contributed by atoms with van der Waals surface area (Å²) in [7, 11) is 0. The van der Waals surface area contributed by atoms with Gasteiger partial charge in [-0.25, -0.2) is 4.39 Å². The first-order valence-corrected chi connectivity index (χ1v) is 9.65. The molecule has 132 valence electrons. The number of halogens is 1. The maximum atomic E-state index is 13.0. The maximum absolute atomic E-state index is 13.0. The largest absolute Gasteiger partial charge is 0.381 e. The molecule has 1 aromatic rings. The summed E-state index contributed by atoms with van der Waals surface area (Å²) in [6, 6.07) is 7.01. The Labute approximate surface area is 142 Å². The Bertz CT molecular complexity index is 378. The lowest BCUT2D eigenvalue weighted by atomic mass is 10.0. The van der Waals surface area contributed by atoms with Crippen LogP contribution in [0.25, 0.3) is 0 Å². The van der Waals surface area contributed by atoms with Gasteiger partial charge in [0.1, 0.15) is 5.82 Å². The van der Waals surface area contributed by atoms with Crippen molar-refractivity contribution in [3.63, 3.8) is 0 Å². The Balaban J connectivity index is 1.78. The van der Waals surface area contributed by atoms with E-state index in [-0.39, 0.29) is 5.82 Å². The molecule has 0 N–H and O–H groups in total. The summed E-state index contributed by atoms with van der Waals surface area (Å²) < 4.78 is 18.5. The van der Waals surface area contributed by atoms with Crippen LogP contribution < -0.4 is 0 Å². The van der Waals surface area contributed by atoms with Crippen LogP contribution >= 0.6 is 0 Å². The van der Waals surface area contributed by atoms with Crippen LogP contribution in [-0.4, -0.2) is 13.2 Å². The predicted octanol–water partition coefficient (Wildman–Crippen LogP) is 6.70. The van der Waals surface area contributed by atoms with E-state index in [1.165, 1.54) is 70.3 Å². The van der Waals surface area contributed by atoms with Gasteiger partial charge in [0.2, 0.25) is 0 Å². The molecule has 0 heterocycles. The minimum Gasteiger partial charge on any atom is -0.381 e. The van der Waals surface area contributed by atoms with Crippen molar-refractivity contribution in [2.45, 2.75) is 84.0 Å². The molecule has 0 radical (unpaired) electrons. The van der Waals surface area contributed by atoms with Crippen LogP contribution in [0.15, 0.2) is 24.3 Å². The molecule has 0 unspecified atom stereocenters. The first kappa shape index (κ1) is 20.2. The minimum atomic E-state index is -0.112. The standard InChI is InChI=1S/C21H35FO/c1-2-17-23-18-12-10-8-6-4-3-5-7-9-11-14-20-15-13-16-21(22)19-20/h13,15-16,19H,2-12,14,17-18H2,1H3. The highest BCUT2D eigenvalue weighted by molar-refractivity contribution is 5.16. The second kappa shape index (κ2) is 14.7. The van der Waals surface area contributed by atoms with Crippen LogP contribution in [0.2, 0.25) is 0 Å². The van der Waals surface area contributed by atoms with Gasteiger partial charge in [0, 0.05) is 13.2 Å². The molecule has 0 aliphatic rings. The minimum absolute atomic E-state index is 0.112. The average molecular weight is 323 g/mol. The van der Waals surface area contributed by atoms with E-state index >= 15 is 0 Å². The first-order chi connectivity index (χ1) is 11.3. The van der Waals surface area contributed by atoms with Gasteiger partial charge < -0.3 is 4.74 Å². The highest BCUT2D eigenvalue weighted by atomic mass is 19.1. The van der Waals surface area contributed by atoms with Gasteiger partial charge in [-0.2, -0.15) is 0 Å². The molecule has 1 aromatic carbocycles. The van der Waals surface area contributed by atoms with Gasteiger partial charge in [-0.15, -0.1) is 0 Å². The van der Waals surface area contributed by atoms with E-state index in [0.29, 0.717) is 0 Å². The number of hydrogen-bond donors (Lipinski definition) is 0. The van der Waals surface area contributed by atoms with Crippen molar-refractivity contribution in [2.75, 3.05) is 13.2 Å². The van der Waals surface area contributed by atoms with Crippen molar-refractivity contribution in [3.05, 3.63) is 35.6 Å². The van der Waals surface area contributed by atoms with Crippen molar-refractivity contribution in [3.8, 4) is 0 Å². The monoisotopic (exact) mass is 322 g/mol. The van der Waals surface area contributed by atoms with Crippen LogP contribution in [0.4, 0.5) is 4.39 Å². The Morgan fingerprint density at radius 3 is 2.00 bits per heavy atom. The fourth-order valence-electron chi connectivity index (χ4n) is 2.89. The van der Waals surface area contributed by atoms with Crippen molar-refractivity contribution in [1.82, 2.24) is 0 Å². The Hall–Kier alpha value is -0.890. The molecule has 0 aliphatic carbocycles. The van der Waals surface area contributed by atoms with Crippen molar-refractivity contribution in [2.24, 2.45) is 0 Å². The lowest BCUT2D eigenvalue weighted by molar-refractivity contribution is 0.130. The smallest absolute Gasteiger partial charge is 0.123 e. The molecule has 2 heteroatoms. The Morgan fingerprint density at radius 2 is 1.39 bits per heavy atom. The zero-order chi connectivity index (χ0) is 16.6. The molecule has 0 atom stereocenters. The van der Waals surface area contributed by atoms with E-state index < -0.39 is 0 Å². The molecule has 1 nitrogen and oxygen atoms in total. The Kier molecular flexibility index (Phi) is 12.9. The van der Waals surface area contributed by atoms with Gasteiger partial charge in [0.05, 0.1) is 0 Å². The van der Waals surface area contributed by atoms with Crippen LogP contribution in [0.3, 0.4) is 0 Å². The second-order valence-corrected chi connectivity index (χ2v) is 6.53. The number of unbranched alkanes of at least 4 members (excludes halogenated alkanes) is 9. The lowest BCUT2D eigenvalue weighted by Gasteiger charge is -2.04. The van der Waals surface area contributed by atoms with E-state index in [4.69, 9.17) is 4.74 Å². The molecule has 0 spiro atoms. The summed E-state index contributed by atoms with van der Waals surface area (Å²) in [6.45, 7) is 4.01. The van der Waals surface area contributed by atoms with Crippen molar-refractivity contribution >= 4 is 0 Å². The van der Waals surface area contributed by atoms with Crippen LogP contribution in [0, 0.1) is 5.82 Å². The van der Waals surface area contributed by atoms with Gasteiger partial charge in [-0.05, 0) is 43.4 Å². The molecular weight excluding hydrogens is 287 g/mol. The number of rotatable bonds is 15. The van der Waals surface area contributed by atoms with Crippen LogP contribution in [-0.2, 0) is 11.2 Å².